The number of aryl methyl sites for hydroxylation is 2. The van der Waals surface area contributed by atoms with E-state index in [9.17, 15) is 9.59 Å². The second kappa shape index (κ2) is 8.92. The summed E-state index contributed by atoms with van der Waals surface area (Å²) in [6, 6.07) is 4.00. The van der Waals surface area contributed by atoms with Crippen LogP contribution in [-0.2, 0) is 9.53 Å². The van der Waals surface area contributed by atoms with Crippen molar-refractivity contribution in [2.45, 2.75) is 27.7 Å². The first kappa shape index (κ1) is 17.8. The summed E-state index contributed by atoms with van der Waals surface area (Å²) >= 11 is 0. The van der Waals surface area contributed by atoms with E-state index >= 15 is 0 Å². The highest BCUT2D eigenvalue weighted by atomic mass is 16.5. The predicted octanol–water partition coefficient (Wildman–Crippen LogP) is 1.85. The van der Waals surface area contributed by atoms with E-state index < -0.39 is 6.09 Å². The zero-order valence-electron chi connectivity index (χ0n) is 13.6. The molecule has 1 rings (SSSR count). The smallest absolute Gasteiger partial charge is 0.407 e. The van der Waals surface area contributed by atoms with Crippen molar-refractivity contribution in [1.82, 2.24) is 10.6 Å². The Hall–Kier alpha value is -2.24. The van der Waals surface area contributed by atoms with Gasteiger partial charge in [-0.05, 0) is 44.4 Å². The molecule has 0 aliphatic heterocycles. The van der Waals surface area contributed by atoms with Gasteiger partial charge in [0, 0.05) is 13.1 Å². The van der Waals surface area contributed by atoms with Gasteiger partial charge in [-0.1, -0.05) is 12.1 Å². The minimum atomic E-state index is -0.487. The molecule has 1 aromatic rings. The average molecular weight is 308 g/mol. The quantitative estimate of drug-likeness (QED) is 0.754. The zero-order chi connectivity index (χ0) is 16.5. The Morgan fingerprint density at radius 2 is 1.68 bits per heavy atom. The molecular weight excluding hydrogens is 284 g/mol. The van der Waals surface area contributed by atoms with Crippen LogP contribution in [0.5, 0.6) is 5.75 Å². The Bertz CT molecular complexity index is 529. The lowest BCUT2D eigenvalue weighted by Gasteiger charge is -2.14. The molecule has 2 N–H and O–H groups in total. The molecule has 0 heterocycles. The maximum atomic E-state index is 11.7. The molecule has 2 amide bonds. The van der Waals surface area contributed by atoms with Crippen molar-refractivity contribution in [3.63, 3.8) is 0 Å². The third kappa shape index (κ3) is 5.63. The van der Waals surface area contributed by atoms with Gasteiger partial charge < -0.3 is 20.1 Å². The summed E-state index contributed by atoms with van der Waals surface area (Å²) in [5.41, 5.74) is 3.16. The van der Waals surface area contributed by atoms with E-state index in [4.69, 9.17) is 9.47 Å². The van der Waals surface area contributed by atoms with E-state index in [1.807, 2.05) is 32.9 Å². The van der Waals surface area contributed by atoms with E-state index in [-0.39, 0.29) is 12.5 Å². The Morgan fingerprint density at radius 3 is 2.36 bits per heavy atom. The maximum absolute atomic E-state index is 11.7. The van der Waals surface area contributed by atoms with Crippen LogP contribution in [0.2, 0.25) is 0 Å². The van der Waals surface area contributed by atoms with Crippen molar-refractivity contribution in [1.29, 1.82) is 0 Å². The molecule has 0 unspecified atom stereocenters. The summed E-state index contributed by atoms with van der Waals surface area (Å²) in [7, 11) is 0. The molecule has 22 heavy (non-hydrogen) atoms. The van der Waals surface area contributed by atoms with Crippen molar-refractivity contribution in [2.24, 2.45) is 0 Å². The number of nitrogens with one attached hydrogen (secondary N) is 2. The molecule has 122 valence electrons. The largest absolute Gasteiger partial charge is 0.483 e. The van der Waals surface area contributed by atoms with Gasteiger partial charge in [0.1, 0.15) is 5.75 Å². The molecule has 6 heteroatoms. The molecule has 1 aromatic carbocycles. The number of hydrogen-bond donors (Lipinski definition) is 2. The van der Waals surface area contributed by atoms with Crippen LogP contribution in [-0.4, -0.2) is 38.3 Å². The van der Waals surface area contributed by atoms with Crippen LogP contribution < -0.4 is 15.4 Å². The van der Waals surface area contributed by atoms with Crippen molar-refractivity contribution in [2.75, 3.05) is 26.3 Å². The Morgan fingerprint density at radius 1 is 1.05 bits per heavy atom. The van der Waals surface area contributed by atoms with Crippen LogP contribution in [0.3, 0.4) is 0 Å². The number of ether oxygens (including phenoxy) is 2. The summed E-state index contributed by atoms with van der Waals surface area (Å²) < 4.78 is 10.3. The SMILES string of the molecule is CCOC(=O)NCCNC(=O)COc1c(C)ccc(C)c1C. The van der Waals surface area contributed by atoms with Gasteiger partial charge in [0.05, 0.1) is 6.61 Å². The van der Waals surface area contributed by atoms with Crippen LogP contribution in [0.25, 0.3) is 0 Å². The van der Waals surface area contributed by atoms with Crippen LogP contribution in [0, 0.1) is 20.8 Å². The van der Waals surface area contributed by atoms with Gasteiger partial charge in [0.2, 0.25) is 0 Å². The number of rotatable bonds is 7. The summed E-state index contributed by atoms with van der Waals surface area (Å²) in [5, 5.41) is 5.19. The number of amides is 2. The number of carbonyl (C=O) groups excluding carboxylic acids is 2. The molecule has 0 radical (unpaired) electrons. The van der Waals surface area contributed by atoms with Gasteiger partial charge in [-0.3, -0.25) is 4.79 Å². The fourth-order valence-electron chi connectivity index (χ4n) is 1.88. The highest BCUT2D eigenvalue weighted by Crippen LogP contribution is 2.25. The number of alkyl carbamates (subject to hydrolysis) is 1. The first-order valence-corrected chi connectivity index (χ1v) is 7.32. The van der Waals surface area contributed by atoms with Gasteiger partial charge in [-0.25, -0.2) is 4.79 Å². The summed E-state index contributed by atoms with van der Waals surface area (Å²) in [6.07, 6.45) is -0.487. The molecule has 0 bridgehead atoms. The van der Waals surface area contributed by atoms with E-state index in [1.165, 1.54) is 0 Å². The fraction of sp³-hybridized carbons (Fsp3) is 0.500. The third-order valence-corrected chi connectivity index (χ3v) is 3.21. The van der Waals surface area contributed by atoms with Gasteiger partial charge in [0.25, 0.3) is 5.91 Å². The summed E-state index contributed by atoms with van der Waals surface area (Å²) in [5.74, 6) is 0.519. The Labute approximate surface area is 131 Å². The van der Waals surface area contributed by atoms with Crippen LogP contribution in [0.4, 0.5) is 4.79 Å². The molecule has 0 spiro atoms. The molecule has 0 atom stereocenters. The number of hydrogen-bond acceptors (Lipinski definition) is 4. The first-order valence-electron chi connectivity index (χ1n) is 7.32. The standard InChI is InChI=1S/C16H24N2O4/c1-5-21-16(20)18-9-8-17-14(19)10-22-15-12(3)7-6-11(2)13(15)4/h6-7H,5,8-10H2,1-4H3,(H,17,19)(H,18,20). The lowest BCUT2D eigenvalue weighted by Crippen LogP contribution is -2.37. The number of benzene rings is 1. The highest BCUT2D eigenvalue weighted by molar-refractivity contribution is 5.77. The van der Waals surface area contributed by atoms with Gasteiger partial charge in [-0.15, -0.1) is 0 Å². The second-order valence-electron chi connectivity index (χ2n) is 4.94. The van der Waals surface area contributed by atoms with Gasteiger partial charge in [-0.2, -0.15) is 0 Å². The normalized spacial score (nSPS) is 10.0. The summed E-state index contributed by atoms with van der Waals surface area (Å²) in [4.78, 5) is 22.7. The maximum Gasteiger partial charge on any atom is 0.407 e. The molecule has 0 aliphatic carbocycles. The number of carbonyl (C=O) groups is 2. The minimum Gasteiger partial charge on any atom is -0.483 e. The van der Waals surface area contributed by atoms with E-state index in [1.54, 1.807) is 6.92 Å². The zero-order valence-corrected chi connectivity index (χ0v) is 13.6. The van der Waals surface area contributed by atoms with Crippen molar-refractivity contribution < 1.29 is 19.1 Å². The first-order chi connectivity index (χ1) is 10.5. The monoisotopic (exact) mass is 308 g/mol. The third-order valence-electron chi connectivity index (χ3n) is 3.21. The second-order valence-corrected chi connectivity index (χ2v) is 4.94. The van der Waals surface area contributed by atoms with Gasteiger partial charge in [0.15, 0.2) is 6.61 Å². The fourth-order valence-corrected chi connectivity index (χ4v) is 1.88. The highest BCUT2D eigenvalue weighted by Gasteiger charge is 2.09. The van der Waals surface area contributed by atoms with Crippen LogP contribution >= 0.6 is 0 Å². The molecule has 0 saturated carbocycles. The van der Waals surface area contributed by atoms with Crippen molar-refractivity contribution in [3.8, 4) is 5.75 Å². The minimum absolute atomic E-state index is 0.0511. The van der Waals surface area contributed by atoms with Crippen LogP contribution in [0.15, 0.2) is 12.1 Å². The van der Waals surface area contributed by atoms with Crippen LogP contribution in [0.1, 0.15) is 23.6 Å². The molecule has 0 aromatic heterocycles. The molecular formula is C16H24N2O4. The lowest BCUT2D eigenvalue weighted by molar-refractivity contribution is -0.123. The van der Waals surface area contributed by atoms with Gasteiger partial charge >= 0.3 is 6.09 Å². The van der Waals surface area contributed by atoms with Crippen molar-refractivity contribution >= 4 is 12.0 Å². The Balaban J connectivity index is 2.32. The molecule has 0 fully saturated rings. The molecule has 0 saturated heterocycles. The molecule has 6 nitrogen and oxygen atoms in total. The average Bonchev–Trinajstić information content (AvgIpc) is 2.48. The Kier molecular flexibility index (Phi) is 7.22. The topological polar surface area (TPSA) is 76.7 Å². The molecule has 0 aliphatic rings. The van der Waals surface area contributed by atoms with E-state index in [0.717, 1.165) is 22.4 Å². The lowest BCUT2D eigenvalue weighted by atomic mass is 10.1. The van der Waals surface area contributed by atoms with E-state index in [0.29, 0.717) is 19.7 Å². The van der Waals surface area contributed by atoms with Crippen molar-refractivity contribution in [3.05, 3.63) is 28.8 Å². The predicted molar refractivity (Wildman–Crippen MR) is 84.2 cm³/mol. The van der Waals surface area contributed by atoms with E-state index in [2.05, 4.69) is 10.6 Å². The summed E-state index contributed by atoms with van der Waals surface area (Å²) in [6.45, 7) is 8.56.